The second kappa shape index (κ2) is 8.17. The van der Waals surface area contributed by atoms with Crippen LogP contribution in [0.1, 0.15) is 30.4 Å². The third-order valence-electron chi connectivity index (χ3n) is 6.24. The highest BCUT2D eigenvalue weighted by Gasteiger charge is 2.57. The van der Waals surface area contributed by atoms with Crippen molar-refractivity contribution in [2.75, 3.05) is 7.11 Å². The Morgan fingerprint density at radius 2 is 1.59 bits per heavy atom. The summed E-state index contributed by atoms with van der Waals surface area (Å²) in [6, 6.07) is 20.8. The molecule has 0 aromatic heterocycles. The summed E-state index contributed by atoms with van der Waals surface area (Å²) in [6.45, 7) is 2.53. The first kappa shape index (κ1) is 19.2. The summed E-state index contributed by atoms with van der Waals surface area (Å²) in [5.74, 6) is 0.856. The van der Waals surface area contributed by atoms with Crippen LogP contribution in [0.3, 0.4) is 0 Å². The van der Waals surface area contributed by atoms with Gasteiger partial charge in [0, 0.05) is 13.0 Å². The quantitative estimate of drug-likeness (QED) is 0.742. The maximum absolute atomic E-state index is 6.44. The van der Waals surface area contributed by atoms with E-state index in [1.165, 1.54) is 5.56 Å². The molecule has 5 rings (SSSR count). The zero-order chi connectivity index (χ0) is 19.8. The van der Waals surface area contributed by atoms with E-state index in [1.54, 1.807) is 7.11 Å². The Morgan fingerprint density at radius 1 is 0.897 bits per heavy atom. The Bertz CT molecular complexity index is 797. The van der Waals surface area contributed by atoms with Crippen LogP contribution in [0.2, 0.25) is 0 Å². The first-order valence-corrected chi connectivity index (χ1v) is 10.4. The molecule has 2 heterocycles. The van der Waals surface area contributed by atoms with Gasteiger partial charge in [-0.05, 0) is 30.4 Å². The summed E-state index contributed by atoms with van der Waals surface area (Å²) in [5.41, 5.74) is 2.48. The highest BCUT2D eigenvalue weighted by atomic mass is 16.8. The molecule has 2 aliphatic heterocycles. The fourth-order valence-corrected chi connectivity index (χ4v) is 4.60. The molecule has 3 fully saturated rings. The Balaban J connectivity index is 1.28. The minimum absolute atomic E-state index is 0.142. The highest BCUT2D eigenvalue weighted by Crippen LogP contribution is 2.53. The summed E-state index contributed by atoms with van der Waals surface area (Å²) < 4.78 is 30.6. The number of ether oxygens (including phenoxy) is 5. The molecule has 2 saturated heterocycles. The molecule has 1 aliphatic carbocycles. The van der Waals surface area contributed by atoms with Crippen LogP contribution >= 0.6 is 0 Å². The van der Waals surface area contributed by atoms with Gasteiger partial charge in [0.05, 0.1) is 12.7 Å². The molecule has 29 heavy (non-hydrogen) atoms. The standard InChI is InChI=1S/C24H28O5/c1-15-20(26-14-16-9-5-3-6-10-16)21-22(24(25-2)27-15)29-23(28-21)19-13-18(19)17-11-7-4-8-12-17/h3-12,15,18-24H,13-14H2,1-2H3/t15-,18-,19+,20-,21+,22+,23-,24+/m0/s1. The normalized spacial score (nSPS) is 38.6. The lowest BCUT2D eigenvalue weighted by Crippen LogP contribution is -2.56. The summed E-state index contributed by atoms with van der Waals surface area (Å²) in [7, 11) is 1.65. The van der Waals surface area contributed by atoms with Crippen LogP contribution in [-0.2, 0) is 30.3 Å². The molecule has 0 bridgehead atoms. The van der Waals surface area contributed by atoms with E-state index in [2.05, 4.69) is 42.5 Å². The minimum Gasteiger partial charge on any atom is -0.368 e. The van der Waals surface area contributed by atoms with Gasteiger partial charge in [-0.1, -0.05) is 60.7 Å². The number of hydrogen-bond donors (Lipinski definition) is 0. The number of benzene rings is 2. The zero-order valence-electron chi connectivity index (χ0n) is 16.8. The first-order valence-electron chi connectivity index (χ1n) is 10.4. The van der Waals surface area contributed by atoms with Crippen LogP contribution < -0.4 is 0 Å². The van der Waals surface area contributed by atoms with Gasteiger partial charge in [0.2, 0.25) is 0 Å². The summed E-state index contributed by atoms with van der Waals surface area (Å²) >= 11 is 0. The van der Waals surface area contributed by atoms with Crippen molar-refractivity contribution in [3.05, 3.63) is 71.8 Å². The largest absolute Gasteiger partial charge is 0.368 e. The van der Waals surface area contributed by atoms with Crippen molar-refractivity contribution in [2.45, 2.75) is 62.9 Å². The lowest BCUT2D eigenvalue weighted by atomic mass is 9.99. The smallest absolute Gasteiger partial charge is 0.186 e. The lowest BCUT2D eigenvalue weighted by molar-refractivity contribution is -0.270. The van der Waals surface area contributed by atoms with Crippen molar-refractivity contribution >= 4 is 0 Å². The molecule has 1 saturated carbocycles. The minimum atomic E-state index is -0.439. The van der Waals surface area contributed by atoms with Crippen LogP contribution in [0.4, 0.5) is 0 Å². The van der Waals surface area contributed by atoms with Crippen LogP contribution in [-0.4, -0.2) is 44.1 Å². The molecule has 2 aromatic rings. The maximum atomic E-state index is 6.44. The average Bonchev–Trinajstić information content (AvgIpc) is 3.45. The van der Waals surface area contributed by atoms with Crippen molar-refractivity contribution in [1.29, 1.82) is 0 Å². The van der Waals surface area contributed by atoms with Crippen LogP contribution in [0.15, 0.2) is 60.7 Å². The molecule has 0 N–H and O–H groups in total. The van der Waals surface area contributed by atoms with E-state index in [1.807, 2.05) is 25.1 Å². The van der Waals surface area contributed by atoms with Crippen molar-refractivity contribution in [2.24, 2.45) is 5.92 Å². The molecule has 3 aliphatic rings. The van der Waals surface area contributed by atoms with E-state index in [9.17, 15) is 0 Å². The van der Waals surface area contributed by atoms with Gasteiger partial charge < -0.3 is 23.7 Å². The molecule has 0 amide bonds. The predicted octanol–water partition coefficient (Wildman–Crippen LogP) is 3.88. The Kier molecular flexibility index (Phi) is 5.41. The van der Waals surface area contributed by atoms with Crippen LogP contribution in [0, 0.1) is 5.92 Å². The van der Waals surface area contributed by atoms with Gasteiger partial charge in [-0.2, -0.15) is 0 Å². The third-order valence-corrected chi connectivity index (χ3v) is 6.24. The number of fused-ring (bicyclic) bond motifs is 1. The van der Waals surface area contributed by atoms with Crippen LogP contribution in [0.25, 0.3) is 0 Å². The summed E-state index contributed by atoms with van der Waals surface area (Å²) in [4.78, 5) is 0. The third kappa shape index (κ3) is 3.86. The number of methoxy groups -OCH3 is 1. The Hall–Kier alpha value is -1.76. The Labute approximate surface area is 171 Å². The predicted molar refractivity (Wildman–Crippen MR) is 107 cm³/mol. The molecule has 5 heteroatoms. The van der Waals surface area contributed by atoms with Gasteiger partial charge in [-0.3, -0.25) is 0 Å². The average molecular weight is 396 g/mol. The van der Waals surface area contributed by atoms with Crippen molar-refractivity contribution in [1.82, 2.24) is 0 Å². The molecular formula is C24H28O5. The van der Waals surface area contributed by atoms with Crippen LogP contribution in [0.5, 0.6) is 0 Å². The zero-order valence-corrected chi connectivity index (χ0v) is 16.8. The van der Waals surface area contributed by atoms with E-state index in [0.717, 1.165) is 12.0 Å². The SMILES string of the molecule is CO[C@@H]1O[C@@H](C)[C@H](OCc2ccccc2)[C@H]2O[C@H]([C@@H]3C[C@H]3c3ccccc3)O[C@@H]12. The topological polar surface area (TPSA) is 46.2 Å². The van der Waals surface area contributed by atoms with Gasteiger partial charge in [0.15, 0.2) is 12.6 Å². The summed E-state index contributed by atoms with van der Waals surface area (Å²) in [6.07, 6.45) is -0.428. The molecule has 0 unspecified atom stereocenters. The van der Waals surface area contributed by atoms with E-state index >= 15 is 0 Å². The molecule has 0 radical (unpaired) electrons. The van der Waals surface area contributed by atoms with Gasteiger partial charge in [0.25, 0.3) is 0 Å². The van der Waals surface area contributed by atoms with E-state index in [-0.39, 0.29) is 30.7 Å². The second-order valence-corrected chi connectivity index (χ2v) is 8.19. The van der Waals surface area contributed by atoms with Gasteiger partial charge in [-0.25, -0.2) is 0 Å². The van der Waals surface area contributed by atoms with E-state index < -0.39 is 6.29 Å². The summed E-state index contributed by atoms with van der Waals surface area (Å²) in [5, 5.41) is 0. The first-order chi connectivity index (χ1) is 14.2. The van der Waals surface area contributed by atoms with E-state index in [0.29, 0.717) is 18.4 Å². The van der Waals surface area contributed by atoms with Crippen molar-refractivity contribution in [3.8, 4) is 0 Å². The maximum Gasteiger partial charge on any atom is 0.186 e. The van der Waals surface area contributed by atoms with Gasteiger partial charge in [0.1, 0.15) is 18.3 Å². The van der Waals surface area contributed by atoms with Crippen molar-refractivity contribution < 1.29 is 23.7 Å². The molecule has 8 atom stereocenters. The van der Waals surface area contributed by atoms with Gasteiger partial charge >= 0.3 is 0 Å². The molecule has 0 spiro atoms. The monoisotopic (exact) mass is 396 g/mol. The fourth-order valence-electron chi connectivity index (χ4n) is 4.60. The number of hydrogen-bond acceptors (Lipinski definition) is 5. The van der Waals surface area contributed by atoms with E-state index in [4.69, 9.17) is 23.7 Å². The molecule has 154 valence electrons. The molecular weight excluding hydrogens is 368 g/mol. The molecule has 5 nitrogen and oxygen atoms in total. The van der Waals surface area contributed by atoms with Crippen molar-refractivity contribution in [3.63, 3.8) is 0 Å². The highest BCUT2D eigenvalue weighted by molar-refractivity contribution is 5.26. The number of rotatable bonds is 6. The van der Waals surface area contributed by atoms with Gasteiger partial charge in [-0.15, -0.1) is 0 Å². The fraction of sp³-hybridized carbons (Fsp3) is 0.500. The molecule has 2 aromatic carbocycles. The lowest BCUT2D eigenvalue weighted by Gasteiger charge is -2.40. The second-order valence-electron chi connectivity index (χ2n) is 8.19. The Morgan fingerprint density at radius 3 is 2.31 bits per heavy atom.